The van der Waals surface area contributed by atoms with Crippen LogP contribution in [0.4, 0.5) is 74.6 Å². The second-order valence-corrected chi connectivity index (χ2v) is 8.62. The Morgan fingerprint density at radius 2 is 0.853 bits per heavy atom. The molecule has 0 spiro atoms. The Kier molecular flexibility index (Phi) is 7.78. The molecule has 0 heterocycles. The number of halogens is 17. The molecule has 0 rings (SSSR count). The molecule has 206 valence electrons. The summed E-state index contributed by atoms with van der Waals surface area (Å²) in [5.74, 6) is -35.4. The van der Waals surface area contributed by atoms with E-state index < -0.39 is 83.1 Å². The van der Waals surface area contributed by atoms with Crippen LogP contribution in [0.2, 0.25) is 0 Å². The Labute approximate surface area is 176 Å². The van der Waals surface area contributed by atoms with Gasteiger partial charge in [-0.1, -0.05) is 0 Å². The van der Waals surface area contributed by atoms with Gasteiger partial charge in [0.05, 0.1) is 0 Å². The molecule has 0 aliphatic heterocycles. The first kappa shape index (κ1) is 32.7. The standard InChI is InChI=1S/C12H9F17O4S/c1-4(13,14)6(17,18)7(19,5(2,15)16)32-10(24,25)8(20,9(21,22)23)33-11(26,27)12(28,29)34(3,30)31/h1-3H3. The lowest BCUT2D eigenvalue weighted by Gasteiger charge is -2.44. The summed E-state index contributed by atoms with van der Waals surface area (Å²) < 4.78 is 251. The highest BCUT2D eigenvalue weighted by molar-refractivity contribution is 7.91. The van der Waals surface area contributed by atoms with E-state index in [1.54, 1.807) is 4.74 Å². The van der Waals surface area contributed by atoms with Gasteiger partial charge in [0, 0.05) is 20.1 Å². The normalized spacial score (nSPS) is 19.5. The number of ether oxygens (including phenoxy) is 2. The minimum atomic E-state index is -8.04. The molecule has 22 heteroatoms. The molecule has 34 heavy (non-hydrogen) atoms. The van der Waals surface area contributed by atoms with Crippen molar-refractivity contribution < 1.29 is 92.5 Å². The molecule has 0 aromatic carbocycles. The van der Waals surface area contributed by atoms with Crippen LogP contribution >= 0.6 is 0 Å². The smallest absolute Gasteiger partial charge is 0.267 e. The van der Waals surface area contributed by atoms with Gasteiger partial charge in [-0.25, -0.2) is 17.2 Å². The molecule has 0 bridgehead atoms. The van der Waals surface area contributed by atoms with E-state index in [0.717, 1.165) is 0 Å². The summed E-state index contributed by atoms with van der Waals surface area (Å²) in [6.45, 7) is -2.46. The maximum atomic E-state index is 14.1. The summed E-state index contributed by atoms with van der Waals surface area (Å²) in [4.78, 5) is 0. The molecule has 0 amide bonds. The number of sulfone groups is 1. The first-order chi connectivity index (χ1) is 14.2. The molecule has 0 aromatic heterocycles. The van der Waals surface area contributed by atoms with Crippen LogP contribution in [0.5, 0.6) is 0 Å². The van der Waals surface area contributed by atoms with Crippen LogP contribution in [0.25, 0.3) is 0 Å². The molecule has 0 aromatic rings. The molecule has 4 nitrogen and oxygen atoms in total. The topological polar surface area (TPSA) is 52.6 Å². The molecule has 0 radical (unpaired) electrons. The maximum absolute atomic E-state index is 14.1. The van der Waals surface area contributed by atoms with Crippen LogP contribution in [-0.2, 0) is 19.3 Å². The lowest BCUT2D eigenvalue weighted by Crippen LogP contribution is -2.71. The van der Waals surface area contributed by atoms with E-state index in [-0.39, 0.29) is 0 Å². The van der Waals surface area contributed by atoms with Crippen molar-refractivity contribution >= 4 is 9.84 Å². The summed E-state index contributed by atoms with van der Waals surface area (Å²) in [5, 5.41) is -7.01. The SMILES string of the molecule is CC(F)(F)C(F)(F)C(F)(OC(F)(F)C(F)(OC(F)(F)C(F)(F)S(C)(=O)=O)C(F)(F)F)C(C)(F)F. The Balaban J connectivity index is 7.07. The van der Waals surface area contributed by atoms with Gasteiger partial charge in [0.2, 0.25) is 9.84 Å². The third-order valence-electron chi connectivity index (χ3n) is 3.60. The first-order valence-electron chi connectivity index (χ1n) is 7.47. The van der Waals surface area contributed by atoms with Crippen molar-refractivity contribution in [2.75, 3.05) is 6.26 Å². The van der Waals surface area contributed by atoms with E-state index in [4.69, 9.17) is 0 Å². The van der Waals surface area contributed by atoms with E-state index in [2.05, 4.69) is 0 Å². The van der Waals surface area contributed by atoms with Gasteiger partial charge in [0.25, 0.3) is 0 Å². The van der Waals surface area contributed by atoms with Crippen molar-refractivity contribution in [1.29, 1.82) is 0 Å². The largest absolute Gasteiger partial charge is 0.458 e. The fourth-order valence-corrected chi connectivity index (χ4v) is 2.16. The van der Waals surface area contributed by atoms with Gasteiger partial charge in [-0.05, 0) is 0 Å². The van der Waals surface area contributed by atoms with E-state index in [1.165, 1.54) is 4.74 Å². The average Bonchev–Trinajstić information content (AvgIpc) is 2.48. The van der Waals surface area contributed by atoms with E-state index >= 15 is 0 Å². The fourth-order valence-electron chi connectivity index (χ4n) is 1.69. The zero-order chi connectivity index (χ0) is 28.4. The van der Waals surface area contributed by atoms with Gasteiger partial charge < -0.3 is 0 Å². The molecule has 0 fully saturated rings. The van der Waals surface area contributed by atoms with Gasteiger partial charge in [-0.3, -0.25) is 9.47 Å². The van der Waals surface area contributed by atoms with Crippen LogP contribution in [0.3, 0.4) is 0 Å². The third kappa shape index (κ3) is 4.98. The Hall–Kier alpha value is -1.32. The number of rotatable bonds is 10. The quantitative estimate of drug-likeness (QED) is 0.316. The van der Waals surface area contributed by atoms with Crippen LogP contribution in [0.1, 0.15) is 13.8 Å². The molecular formula is C12H9F17O4S. The lowest BCUT2D eigenvalue weighted by molar-refractivity contribution is -0.548. The summed E-state index contributed by atoms with van der Waals surface area (Å²) in [7, 11) is -6.67. The number of hydrogen-bond donors (Lipinski definition) is 0. The van der Waals surface area contributed by atoms with Crippen molar-refractivity contribution in [2.45, 2.75) is 67.0 Å². The minimum absolute atomic E-state index is 0.874. The second-order valence-electron chi connectivity index (χ2n) is 6.57. The highest BCUT2D eigenvalue weighted by Gasteiger charge is 2.86. The fraction of sp³-hybridized carbons (Fsp3) is 1.00. The highest BCUT2D eigenvalue weighted by Crippen LogP contribution is 2.58. The van der Waals surface area contributed by atoms with Gasteiger partial charge in [-0.15, -0.1) is 0 Å². The van der Waals surface area contributed by atoms with Crippen LogP contribution in [0, 0.1) is 0 Å². The summed E-state index contributed by atoms with van der Waals surface area (Å²) in [6.07, 6.45) is -24.4. The monoisotopic (exact) mass is 572 g/mol. The molecule has 0 saturated heterocycles. The van der Waals surface area contributed by atoms with Gasteiger partial charge in [-0.2, -0.15) is 65.9 Å². The summed E-state index contributed by atoms with van der Waals surface area (Å²) in [5.41, 5.74) is 0. The Bertz CT molecular complexity index is 855. The summed E-state index contributed by atoms with van der Waals surface area (Å²) >= 11 is 0. The van der Waals surface area contributed by atoms with Crippen LogP contribution in [-0.4, -0.2) is 67.8 Å². The van der Waals surface area contributed by atoms with E-state index in [1.807, 2.05) is 0 Å². The van der Waals surface area contributed by atoms with E-state index in [9.17, 15) is 83.1 Å². The average molecular weight is 572 g/mol. The molecule has 2 unspecified atom stereocenters. The van der Waals surface area contributed by atoms with Crippen molar-refractivity contribution in [1.82, 2.24) is 0 Å². The predicted octanol–water partition coefficient (Wildman–Crippen LogP) is 5.68. The Morgan fingerprint density at radius 3 is 1.09 bits per heavy atom. The van der Waals surface area contributed by atoms with E-state index in [0.29, 0.717) is 0 Å². The molecule has 2 atom stereocenters. The second kappa shape index (κ2) is 8.10. The van der Waals surface area contributed by atoms with Crippen molar-refractivity contribution in [2.24, 2.45) is 0 Å². The molecular weight excluding hydrogens is 563 g/mol. The van der Waals surface area contributed by atoms with Gasteiger partial charge >= 0.3 is 53.1 Å². The maximum Gasteiger partial charge on any atom is 0.458 e. The Morgan fingerprint density at radius 1 is 0.529 bits per heavy atom. The molecule has 0 aliphatic rings. The van der Waals surface area contributed by atoms with Crippen molar-refractivity contribution in [3.63, 3.8) is 0 Å². The van der Waals surface area contributed by atoms with Crippen LogP contribution < -0.4 is 0 Å². The molecule has 0 saturated carbocycles. The highest BCUT2D eigenvalue weighted by atomic mass is 32.2. The zero-order valence-electron chi connectivity index (χ0n) is 16.0. The lowest BCUT2D eigenvalue weighted by atomic mass is 9.98. The molecule has 0 aliphatic carbocycles. The van der Waals surface area contributed by atoms with Crippen molar-refractivity contribution in [3.05, 3.63) is 0 Å². The molecule has 0 N–H and O–H groups in total. The minimum Gasteiger partial charge on any atom is -0.267 e. The zero-order valence-corrected chi connectivity index (χ0v) is 16.8. The number of hydrogen-bond acceptors (Lipinski definition) is 4. The van der Waals surface area contributed by atoms with Crippen LogP contribution in [0.15, 0.2) is 0 Å². The van der Waals surface area contributed by atoms with Gasteiger partial charge in [0.15, 0.2) is 0 Å². The summed E-state index contributed by atoms with van der Waals surface area (Å²) in [6, 6.07) is 0. The van der Waals surface area contributed by atoms with Gasteiger partial charge in [0.1, 0.15) is 0 Å². The third-order valence-corrected chi connectivity index (χ3v) is 4.77. The first-order valence-corrected chi connectivity index (χ1v) is 9.37. The predicted molar refractivity (Wildman–Crippen MR) is 71.8 cm³/mol. The van der Waals surface area contributed by atoms with Crippen molar-refractivity contribution in [3.8, 4) is 0 Å². The number of alkyl halides is 17.